The first-order valence-electron chi connectivity index (χ1n) is 6.17. The molecule has 19 heavy (non-hydrogen) atoms. The van der Waals surface area contributed by atoms with Crippen molar-refractivity contribution in [3.05, 3.63) is 40.9 Å². The van der Waals surface area contributed by atoms with Crippen molar-refractivity contribution in [1.82, 2.24) is 19.7 Å². The minimum absolute atomic E-state index is 0.180. The maximum absolute atomic E-state index is 12.0. The number of amides is 1. The fourth-order valence-electron chi connectivity index (χ4n) is 1.95. The Bertz CT molecular complexity index is 559. The molecule has 0 aliphatic rings. The van der Waals surface area contributed by atoms with Crippen LogP contribution in [0.4, 0.5) is 0 Å². The minimum atomic E-state index is -0.180. The van der Waals surface area contributed by atoms with Crippen molar-refractivity contribution >= 4 is 17.5 Å². The van der Waals surface area contributed by atoms with Crippen molar-refractivity contribution in [2.24, 2.45) is 7.05 Å². The zero-order valence-corrected chi connectivity index (χ0v) is 11.8. The monoisotopic (exact) mass is 280 g/mol. The van der Waals surface area contributed by atoms with Gasteiger partial charge in [0.2, 0.25) is 0 Å². The predicted molar refractivity (Wildman–Crippen MR) is 74.3 cm³/mol. The van der Waals surface area contributed by atoms with Gasteiger partial charge in [-0.05, 0) is 25.5 Å². The van der Waals surface area contributed by atoms with E-state index in [4.69, 9.17) is 11.6 Å². The second-order valence-corrected chi connectivity index (χ2v) is 4.78. The lowest BCUT2D eigenvalue weighted by atomic mass is 10.3. The van der Waals surface area contributed by atoms with Crippen LogP contribution in [0.1, 0.15) is 22.6 Å². The molecule has 2 rings (SSSR count). The van der Waals surface area contributed by atoms with Crippen molar-refractivity contribution in [3.8, 4) is 0 Å². The van der Waals surface area contributed by atoms with E-state index in [2.05, 4.69) is 15.0 Å². The molecule has 0 atom stereocenters. The second kappa shape index (κ2) is 5.93. The van der Waals surface area contributed by atoms with Crippen LogP contribution in [-0.2, 0) is 13.6 Å². The number of carbonyl (C=O) groups is 1. The van der Waals surface area contributed by atoms with Crippen molar-refractivity contribution < 1.29 is 4.79 Å². The molecule has 0 aromatic carbocycles. The van der Waals surface area contributed by atoms with Gasteiger partial charge in [-0.15, -0.1) is 0 Å². The highest BCUT2D eigenvalue weighted by Crippen LogP contribution is 2.18. The van der Waals surface area contributed by atoms with Gasteiger partial charge in [-0.25, -0.2) is 0 Å². The molecule has 1 amide bonds. The van der Waals surface area contributed by atoms with E-state index in [1.54, 1.807) is 14.0 Å². The van der Waals surface area contributed by atoms with Gasteiger partial charge < -0.3 is 9.88 Å². The molecule has 2 aromatic rings. The maximum Gasteiger partial charge on any atom is 0.271 e. The van der Waals surface area contributed by atoms with Gasteiger partial charge in [0.25, 0.3) is 5.91 Å². The highest BCUT2D eigenvalue weighted by atomic mass is 35.5. The Morgan fingerprint density at radius 2 is 2.11 bits per heavy atom. The van der Waals surface area contributed by atoms with Gasteiger partial charge in [0.15, 0.2) is 0 Å². The number of nitrogens with one attached hydrogen (secondary N) is 1. The number of hydrogen-bond donors (Lipinski definition) is 1. The summed E-state index contributed by atoms with van der Waals surface area (Å²) in [6.45, 7) is 3.27. The van der Waals surface area contributed by atoms with Crippen molar-refractivity contribution in [2.75, 3.05) is 6.54 Å². The molecule has 0 spiro atoms. The number of halogens is 1. The minimum Gasteiger partial charge on any atom is -0.354 e. The lowest BCUT2D eigenvalue weighted by Crippen LogP contribution is -2.27. The summed E-state index contributed by atoms with van der Waals surface area (Å²) >= 11 is 6.05. The Labute approximate surface area is 117 Å². The van der Waals surface area contributed by atoms with Gasteiger partial charge in [-0.3, -0.25) is 9.48 Å². The van der Waals surface area contributed by atoms with E-state index in [1.807, 2.05) is 24.5 Å². The first-order valence-corrected chi connectivity index (χ1v) is 6.55. The Balaban J connectivity index is 1.84. The average Bonchev–Trinajstić information content (AvgIpc) is 2.95. The van der Waals surface area contributed by atoms with Crippen LogP contribution < -0.4 is 5.32 Å². The van der Waals surface area contributed by atoms with Crippen LogP contribution >= 0.6 is 11.6 Å². The Kier molecular flexibility index (Phi) is 4.27. The third-order valence-electron chi connectivity index (χ3n) is 2.91. The zero-order chi connectivity index (χ0) is 13.8. The van der Waals surface area contributed by atoms with Crippen LogP contribution in [0.2, 0.25) is 5.02 Å². The Morgan fingerprint density at radius 1 is 1.42 bits per heavy atom. The molecule has 0 bridgehead atoms. The summed E-state index contributed by atoms with van der Waals surface area (Å²) in [5, 5.41) is 7.40. The van der Waals surface area contributed by atoms with Crippen molar-refractivity contribution in [3.63, 3.8) is 0 Å². The summed E-state index contributed by atoms with van der Waals surface area (Å²) in [7, 11) is 1.72. The molecular formula is C13H17ClN4O. The number of hydrogen-bond acceptors (Lipinski definition) is 2. The summed E-state index contributed by atoms with van der Waals surface area (Å²) in [6, 6.07) is 3.97. The molecule has 0 aliphatic heterocycles. The first kappa shape index (κ1) is 13.7. The van der Waals surface area contributed by atoms with Crippen molar-refractivity contribution in [1.29, 1.82) is 0 Å². The smallest absolute Gasteiger partial charge is 0.271 e. The topological polar surface area (TPSA) is 51.9 Å². The van der Waals surface area contributed by atoms with E-state index in [9.17, 15) is 4.79 Å². The van der Waals surface area contributed by atoms with Crippen LogP contribution in [0.5, 0.6) is 0 Å². The predicted octanol–water partition coefficient (Wildman–Crippen LogP) is 2.00. The summed E-state index contributed by atoms with van der Waals surface area (Å²) < 4.78 is 3.59. The molecular weight excluding hydrogens is 264 g/mol. The number of rotatable bonds is 5. The fraction of sp³-hybridized carbons (Fsp3) is 0.385. The average molecular weight is 281 g/mol. The standard InChI is InChI=1S/C13H17ClN4O/c1-10-11(14)12(17(2)16-10)13(19)15-6-5-9-18-7-3-4-8-18/h3-4,7-8H,5-6,9H2,1-2H3,(H,15,19). The molecule has 0 aliphatic carbocycles. The zero-order valence-electron chi connectivity index (χ0n) is 11.1. The molecule has 1 N–H and O–H groups in total. The number of carbonyl (C=O) groups excluding carboxylic acids is 1. The van der Waals surface area contributed by atoms with Crippen LogP contribution in [0.15, 0.2) is 24.5 Å². The molecule has 5 nitrogen and oxygen atoms in total. The largest absolute Gasteiger partial charge is 0.354 e. The lowest BCUT2D eigenvalue weighted by Gasteiger charge is -2.06. The third kappa shape index (κ3) is 3.17. The van der Waals surface area contributed by atoms with Crippen LogP contribution in [-0.4, -0.2) is 26.8 Å². The van der Waals surface area contributed by atoms with Gasteiger partial charge in [0, 0.05) is 32.5 Å². The highest BCUT2D eigenvalue weighted by molar-refractivity contribution is 6.34. The van der Waals surface area contributed by atoms with Gasteiger partial charge >= 0.3 is 0 Å². The molecule has 0 saturated heterocycles. The molecule has 0 saturated carbocycles. The number of aromatic nitrogens is 3. The molecule has 2 heterocycles. The normalized spacial score (nSPS) is 10.7. The summed E-state index contributed by atoms with van der Waals surface area (Å²) in [5.74, 6) is -0.180. The molecule has 0 fully saturated rings. The fourth-order valence-corrected chi connectivity index (χ4v) is 2.19. The van der Waals surface area contributed by atoms with Gasteiger partial charge in [0.05, 0.1) is 10.7 Å². The third-order valence-corrected chi connectivity index (χ3v) is 3.36. The van der Waals surface area contributed by atoms with Crippen molar-refractivity contribution in [2.45, 2.75) is 19.9 Å². The molecule has 102 valence electrons. The van der Waals surface area contributed by atoms with E-state index in [0.29, 0.717) is 23.0 Å². The molecule has 6 heteroatoms. The van der Waals surface area contributed by atoms with E-state index < -0.39 is 0 Å². The van der Waals surface area contributed by atoms with E-state index in [-0.39, 0.29) is 5.91 Å². The first-order chi connectivity index (χ1) is 9.09. The summed E-state index contributed by atoms with van der Waals surface area (Å²) in [6.07, 6.45) is 4.88. The maximum atomic E-state index is 12.0. The second-order valence-electron chi connectivity index (χ2n) is 4.40. The van der Waals surface area contributed by atoms with Gasteiger partial charge in [0.1, 0.15) is 5.69 Å². The van der Waals surface area contributed by atoms with Crippen LogP contribution in [0.3, 0.4) is 0 Å². The van der Waals surface area contributed by atoms with E-state index in [0.717, 1.165) is 13.0 Å². The molecule has 2 aromatic heterocycles. The van der Waals surface area contributed by atoms with E-state index >= 15 is 0 Å². The quantitative estimate of drug-likeness (QED) is 0.852. The van der Waals surface area contributed by atoms with Gasteiger partial charge in [-0.1, -0.05) is 11.6 Å². The SMILES string of the molecule is Cc1nn(C)c(C(=O)NCCCn2cccc2)c1Cl. The highest BCUT2D eigenvalue weighted by Gasteiger charge is 2.17. The summed E-state index contributed by atoms with van der Waals surface area (Å²) in [4.78, 5) is 12.0. The Morgan fingerprint density at radius 3 is 2.68 bits per heavy atom. The molecule has 0 unspecified atom stereocenters. The summed E-state index contributed by atoms with van der Waals surface area (Å²) in [5.41, 5.74) is 1.08. The lowest BCUT2D eigenvalue weighted by molar-refractivity contribution is 0.0943. The van der Waals surface area contributed by atoms with Gasteiger partial charge in [-0.2, -0.15) is 5.10 Å². The van der Waals surface area contributed by atoms with Crippen LogP contribution in [0, 0.1) is 6.92 Å². The molecule has 0 radical (unpaired) electrons. The van der Waals surface area contributed by atoms with E-state index in [1.165, 1.54) is 4.68 Å². The number of aryl methyl sites for hydroxylation is 3. The Hall–Kier alpha value is -1.75. The number of nitrogens with zero attached hydrogens (tertiary/aromatic N) is 3. The van der Waals surface area contributed by atoms with Crippen LogP contribution in [0.25, 0.3) is 0 Å².